The van der Waals surface area contributed by atoms with Crippen molar-refractivity contribution in [2.45, 2.75) is 80.2 Å². The smallest absolute Gasteiger partial charge is 0.349 e. The molecule has 0 unspecified atom stereocenters. The second-order valence-electron chi connectivity index (χ2n) is 8.60. The Morgan fingerprint density at radius 2 is 1.91 bits per heavy atom. The number of aliphatic hydroxyl groups excluding tert-OH is 2. The number of aryl methyl sites for hydroxylation is 1. The molecule has 32 heavy (non-hydrogen) atoms. The Morgan fingerprint density at radius 3 is 2.44 bits per heavy atom. The summed E-state index contributed by atoms with van der Waals surface area (Å²) in [6.07, 6.45) is -4.59. The molecule has 2 aliphatic heterocycles. The summed E-state index contributed by atoms with van der Waals surface area (Å²) in [7, 11) is 1.23. The van der Waals surface area contributed by atoms with Gasteiger partial charge in [-0.2, -0.15) is 0 Å². The monoisotopic (exact) mass is 469 g/mol. The number of carbonyl (C=O) groups excluding carboxylic acids is 2. The molecule has 0 saturated carbocycles. The van der Waals surface area contributed by atoms with E-state index in [1.165, 1.54) is 14.0 Å². The molecular formula is C22H31NO8S. The van der Waals surface area contributed by atoms with Gasteiger partial charge in [-0.1, -0.05) is 29.5 Å². The molecule has 2 heterocycles. The van der Waals surface area contributed by atoms with E-state index in [-0.39, 0.29) is 13.0 Å². The minimum Gasteiger partial charge on any atom is -0.466 e. The first-order valence-corrected chi connectivity index (χ1v) is 11.2. The number of thioether (sulfide) groups is 1. The van der Waals surface area contributed by atoms with Crippen LogP contribution < -0.4 is 5.32 Å². The lowest BCUT2D eigenvalue weighted by atomic mass is 9.89. The van der Waals surface area contributed by atoms with Crippen LogP contribution in [0.4, 0.5) is 0 Å². The van der Waals surface area contributed by atoms with E-state index in [2.05, 4.69) is 5.32 Å². The predicted molar refractivity (Wildman–Crippen MR) is 116 cm³/mol. The molecule has 1 aromatic rings. The number of esters is 1. The van der Waals surface area contributed by atoms with Crippen molar-refractivity contribution in [3.05, 3.63) is 29.8 Å². The fraction of sp³-hybridized carbons (Fsp3) is 0.636. The van der Waals surface area contributed by atoms with Gasteiger partial charge < -0.3 is 34.5 Å². The Labute approximate surface area is 191 Å². The maximum Gasteiger partial charge on any atom is 0.349 e. The van der Waals surface area contributed by atoms with Gasteiger partial charge in [0.15, 0.2) is 5.79 Å². The van der Waals surface area contributed by atoms with E-state index in [4.69, 9.17) is 18.9 Å². The van der Waals surface area contributed by atoms with Crippen molar-refractivity contribution >= 4 is 23.6 Å². The first-order valence-electron chi connectivity index (χ1n) is 10.4. The maximum atomic E-state index is 12.9. The number of methoxy groups -OCH3 is 1. The van der Waals surface area contributed by atoms with Gasteiger partial charge in [0.1, 0.15) is 18.3 Å². The van der Waals surface area contributed by atoms with Crippen molar-refractivity contribution in [1.82, 2.24) is 5.32 Å². The van der Waals surface area contributed by atoms with Gasteiger partial charge in [-0.05, 0) is 32.9 Å². The molecule has 1 amide bonds. The fourth-order valence-corrected chi connectivity index (χ4v) is 5.18. The van der Waals surface area contributed by atoms with Crippen molar-refractivity contribution in [2.24, 2.45) is 0 Å². The highest BCUT2D eigenvalue weighted by atomic mass is 32.2. The summed E-state index contributed by atoms with van der Waals surface area (Å²) >= 11 is 1.09. The van der Waals surface area contributed by atoms with Crippen LogP contribution in [0, 0.1) is 6.92 Å². The summed E-state index contributed by atoms with van der Waals surface area (Å²) in [5.74, 6) is -2.02. The minimum absolute atomic E-state index is 0.0905. The van der Waals surface area contributed by atoms with Crippen LogP contribution in [0.15, 0.2) is 29.2 Å². The second-order valence-corrected chi connectivity index (χ2v) is 9.93. The molecule has 3 rings (SSSR count). The van der Waals surface area contributed by atoms with Crippen molar-refractivity contribution in [1.29, 1.82) is 0 Å². The quantitative estimate of drug-likeness (QED) is 0.526. The largest absolute Gasteiger partial charge is 0.466 e. The lowest BCUT2D eigenvalue weighted by Gasteiger charge is -2.47. The fourth-order valence-electron chi connectivity index (χ4n) is 3.94. The minimum atomic E-state index is -1.64. The number of hydrogen-bond acceptors (Lipinski definition) is 9. The SMILES string of the molecule is COC(=O)[C@]1(Sc2ccc(C)cc2)C[C@H](O)[C@@H](NC(C)=O)[C@H]([C@H](O)[C@H]2COC(C)(C)O2)O1. The van der Waals surface area contributed by atoms with E-state index in [1.54, 1.807) is 13.8 Å². The van der Waals surface area contributed by atoms with E-state index in [9.17, 15) is 19.8 Å². The number of rotatable bonds is 6. The first kappa shape index (κ1) is 24.9. The normalized spacial score (nSPS) is 32.8. The zero-order valence-corrected chi connectivity index (χ0v) is 19.7. The lowest BCUT2D eigenvalue weighted by molar-refractivity contribution is -0.213. The van der Waals surface area contributed by atoms with Crippen molar-refractivity contribution in [2.75, 3.05) is 13.7 Å². The summed E-state index contributed by atoms with van der Waals surface area (Å²) in [5, 5.41) is 24.8. The van der Waals surface area contributed by atoms with Crippen LogP contribution in [-0.4, -0.2) is 77.0 Å². The van der Waals surface area contributed by atoms with Crippen molar-refractivity contribution in [3.63, 3.8) is 0 Å². The van der Waals surface area contributed by atoms with E-state index >= 15 is 0 Å². The van der Waals surface area contributed by atoms with Gasteiger partial charge in [-0.15, -0.1) is 0 Å². The zero-order chi connectivity index (χ0) is 23.7. The Hall–Kier alpha value is -1.69. The lowest BCUT2D eigenvalue weighted by Crippen LogP contribution is -2.66. The van der Waals surface area contributed by atoms with Gasteiger partial charge >= 0.3 is 5.97 Å². The average Bonchev–Trinajstić information content (AvgIpc) is 3.10. The van der Waals surface area contributed by atoms with Crippen LogP contribution in [0.25, 0.3) is 0 Å². The summed E-state index contributed by atoms with van der Waals surface area (Å²) in [5.41, 5.74) is 1.05. The van der Waals surface area contributed by atoms with Gasteiger partial charge in [-0.3, -0.25) is 4.79 Å². The van der Waals surface area contributed by atoms with Crippen molar-refractivity contribution in [3.8, 4) is 0 Å². The van der Waals surface area contributed by atoms with Crippen molar-refractivity contribution < 1.29 is 38.7 Å². The van der Waals surface area contributed by atoms with Crippen LogP contribution in [0.2, 0.25) is 0 Å². The molecule has 0 aromatic heterocycles. The van der Waals surface area contributed by atoms with Crippen LogP contribution in [0.5, 0.6) is 0 Å². The molecule has 3 N–H and O–H groups in total. The Kier molecular flexibility index (Phi) is 7.53. The number of carbonyl (C=O) groups is 2. The van der Waals surface area contributed by atoms with Gasteiger partial charge in [0.2, 0.25) is 10.8 Å². The van der Waals surface area contributed by atoms with Crippen LogP contribution in [0.1, 0.15) is 32.8 Å². The second kappa shape index (κ2) is 9.66. The Bertz CT molecular complexity index is 832. The average molecular weight is 470 g/mol. The van der Waals surface area contributed by atoms with Crippen LogP contribution in [0.3, 0.4) is 0 Å². The zero-order valence-electron chi connectivity index (χ0n) is 18.9. The molecular weight excluding hydrogens is 438 g/mol. The van der Waals surface area contributed by atoms with E-state index in [0.29, 0.717) is 0 Å². The third-order valence-corrected chi connectivity index (χ3v) is 6.76. The number of nitrogens with one attached hydrogen (secondary N) is 1. The molecule has 9 nitrogen and oxygen atoms in total. The molecule has 1 aromatic carbocycles. The standard InChI is InChI=1S/C22H31NO8S/c1-12-6-8-14(9-7-12)32-22(20(27)28-5)10-15(25)17(23-13(2)24)19(31-22)18(26)16-11-29-21(3,4)30-16/h6-9,15-19,25-26H,10-11H2,1-5H3,(H,23,24)/t15-,16+,17+,18+,19+,22+/m0/s1. The highest BCUT2D eigenvalue weighted by Gasteiger charge is 2.56. The van der Waals surface area contributed by atoms with Gasteiger partial charge in [-0.25, -0.2) is 4.79 Å². The molecule has 0 radical (unpaired) electrons. The molecule has 2 saturated heterocycles. The van der Waals surface area contributed by atoms with Crippen LogP contribution in [-0.2, 0) is 28.5 Å². The summed E-state index contributed by atoms with van der Waals surface area (Å²) in [4.78, 5) is 23.8. The Morgan fingerprint density at radius 1 is 1.25 bits per heavy atom. The summed E-state index contributed by atoms with van der Waals surface area (Å²) in [6, 6.07) is 6.49. The molecule has 178 valence electrons. The highest BCUT2D eigenvalue weighted by molar-refractivity contribution is 8.01. The van der Waals surface area contributed by atoms with E-state index in [1.807, 2.05) is 31.2 Å². The molecule has 0 bridgehead atoms. The third kappa shape index (κ3) is 5.44. The van der Waals surface area contributed by atoms with E-state index in [0.717, 1.165) is 22.2 Å². The van der Waals surface area contributed by atoms with Gasteiger partial charge in [0.25, 0.3) is 0 Å². The van der Waals surface area contributed by atoms with Gasteiger partial charge in [0.05, 0.1) is 25.9 Å². The van der Waals surface area contributed by atoms with Crippen LogP contribution >= 0.6 is 11.8 Å². The molecule has 2 fully saturated rings. The molecule has 10 heteroatoms. The number of ether oxygens (including phenoxy) is 4. The number of amides is 1. The molecule has 2 aliphatic rings. The Balaban J connectivity index is 1.95. The first-order chi connectivity index (χ1) is 15.0. The molecule has 0 aliphatic carbocycles. The number of aliphatic hydroxyl groups is 2. The van der Waals surface area contributed by atoms with E-state index < -0.39 is 53.1 Å². The predicted octanol–water partition coefficient (Wildman–Crippen LogP) is 1.12. The maximum absolute atomic E-state index is 12.9. The van der Waals surface area contributed by atoms with Gasteiger partial charge in [0, 0.05) is 18.2 Å². The summed E-state index contributed by atoms with van der Waals surface area (Å²) in [6.45, 7) is 6.77. The highest BCUT2D eigenvalue weighted by Crippen LogP contribution is 2.45. The topological polar surface area (TPSA) is 124 Å². The number of hydrogen-bond donors (Lipinski definition) is 3. The molecule has 6 atom stereocenters. The third-order valence-electron chi connectivity index (χ3n) is 5.49. The molecule has 0 spiro atoms. The number of benzene rings is 1. The summed E-state index contributed by atoms with van der Waals surface area (Å²) < 4.78 is 22.6.